The van der Waals surface area contributed by atoms with Gasteiger partial charge in [0.05, 0.1) is 0 Å². The van der Waals surface area contributed by atoms with Crippen LogP contribution in [0.5, 0.6) is 0 Å². The van der Waals surface area contributed by atoms with E-state index in [0.29, 0.717) is 19.0 Å². The van der Waals surface area contributed by atoms with Gasteiger partial charge in [0.2, 0.25) is 0 Å². The Morgan fingerprint density at radius 2 is 1.89 bits per heavy atom. The molecule has 106 valence electrons. The molecule has 1 aliphatic carbocycles. The van der Waals surface area contributed by atoms with Gasteiger partial charge in [-0.15, -0.1) is 0 Å². The van der Waals surface area contributed by atoms with Crippen LogP contribution in [0.25, 0.3) is 0 Å². The first kappa shape index (κ1) is 14.2. The van der Waals surface area contributed by atoms with E-state index in [1.54, 1.807) is 15.7 Å². The van der Waals surface area contributed by atoms with E-state index in [1.807, 2.05) is 6.92 Å². The predicted octanol–water partition coefficient (Wildman–Crippen LogP) is 0.631. The molecule has 0 bridgehead atoms. The molecule has 18 heavy (non-hydrogen) atoms. The van der Waals surface area contributed by atoms with E-state index in [2.05, 4.69) is 6.92 Å². The van der Waals surface area contributed by atoms with Crippen LogP contribution in [0.4, 0.5) is 0 Å². The van der Waals surface area contributed by atoms with Gasteiger partial charge in [-0.3, -0.25) is 0 Å². The molecule has 2 rings (SSSR count). The van der Waals surface area contributed by atoms with Gasteiger partial charge in [-0.05, 0) is 31.1 Å². The molecule has 2 N–H and O–H groups in total. The molecule has 4 atom stereocenters. The maximum Gasteiger partial charge on any atom is 0.282 e. The molecule has 1 unspecified atom stereocenters. The van der Waals surface area contributed by atoms with Gasteiger partial charge in [-0.1, -0.05) is 13.8 Å². The fourth-order valence-corrected chi connectivity index (χ4v) is 4.73. The lowest BCUT2D eigenvalue weighted by Gasteiger charge is -2.28. The fraction of sp³-hybridized carbons (Fsp3) is 1.00. The summed E-state index contributed by atoms with van der Waals surface area (Å²) in [5, 5.41) is 0. The molecule has 0 radical (unpaired) electrons. The molecular formula is C12H25N3O2S. The van der Waals surface area contributed by atoms with E-state index in [0.717, 1.165) is 19.3 Å². The lowest BCUT2D eigenvalue weighted by atomic mass is 10.1. The summed E-state index contributed by atoms with van der Waals surface area (Å²) in [6.45, 7) is 5.21. The monoisotopic (exact) mass is 275 g/mol. The van der Waals surface area contributed by atoms with Crippen LogP contribution in [-0.2, 0) is 10.2 Å². The van der Waals surface area contributed by atoms with Crippen LogP contribution in [0.15, 0.2) is 0 Å². The van der Waals surface area contributed by atoms with Gasteiger partial charge in [-0.25, -0.2) is 0 Å². The summed E-state index contributed by atoms with van der Waals surface area (Å²) >= 11 is 0. The predicted molar refractivity (Wildman–Crippen MR) is 72.2 cm³/mol. The quantitative estimate of drug-likeness (QED) is 0.821. The van der Waals surface area contributed by atoms with Crippen LogP contribution in [0, 0.1) is 11.8 Å². The number of nitrogens with zero attached hydrogens (tertiary/aromatic N) is 2. The van der Waals surface area contributed by atoms with Crippen LogP contribution in [0.3, 0.4) is 0 Å². The Kier molecular flexibility index (Phi) is 4.02. The highest BCUT2D eigenvalue weighted by atomic mass is 32.2. The fourth-order valence-electron chi connectivity index (χ4n) is 3.01. The number of nitrogens with two attached hydrogens (primary N) is 1. The average molecular weight is 275 g/mol. The SMILES string of the molecule is CC1CC[C@@H](N(C)S(=O)(=O)N2C[C@H](C)[C@@H](N)C2)C1. The van der Waals surface area contributed by atoms with Crippen molar-refractivity contribution >= 4 is 10.2 Å². The number of rotatable bonds is 3. The molecule has 0 aromatic heterocycles. The molecule has 2 fully saturated rings. The van der Waals surface area contributed by atoms with Crippen LogP contribution >= 0.6 is 0 Å². The van der Waals surface area contributed by atoms with Gasteiger partial charge in [0.25, 0.3) is 10.2 Å². The molecule has 0 aromatic carbocycles. The largest absolute Gasteiger partial charge is 0.326 e. The zero-order valence-electron chi connectivity index (χ0n) is 11.5. The van der Waals surface area contributed by atoms with Crippen molar-refractivity contribution in [2.75, 3.05) is 20.1 Å². The van der Waals surface area contributed by atoms with Crippen LogP contribution in [0.1, 0.15) is 33.1 Å². The van der Waals surface area contributed by atoms with Crippen molar-refractivity contribution in [1.29, 1.82) is 0 Å². The van der Waals surface area contributed by atoms with Crippen molar-refractivity contribution in [3.8, 4) is 0 Å². The Labute approximate surface area is 110 Å². The zero-order chi connectivity index (χ0) is 13.5. The van der Waals surface area contributed by atoms with E-state index in [-0.39, 0.29) is 18.0 Å². The second-order valence-corrected chi connectivity index (χ2v) is 8.04. The van der Waals surface area contributed by atoms with Crippen molar-refractivity contribution < 1.29 is 8.42 Å². The molecule has 1 saturated carbocycles. The van der Waals surface area contributed by atoms with Crippen molar-refractivity contribution in [2.24, 2.45) is 17.6 Å². The molecule has 0 aromatic rings. The van der Waals surface area contributed by atoms with E-state index in [9.17, 15) is 8.42 Å². The second-order valence-electron chi connectivity index (χ2n) is 6.05. The summed E-state index contributed by atoms with van der Waals surface area (Å²) in [6, 6.07) is 0.132. The summed E-state index contributed by atoms with van der Waals surface area (Å²) in [6.07, 6.45) is 3.08. The van der Waals surface area contributed by atoms with Crippen molar-refractivity contribution in [3.05, 3.63) is 0 Å². The molecule has 0 amide bonds. The van der Waals surface area contributed by atoms with Crippen LogP contribution in [-0.4, -0.2) is 49.2 Å². The maximum atomic E-state index is 12.5. The third-order valence-corrected chi connectivity index (χ3v) is 6.49. The van der Waals surface area contributed by atoms with E-state index < -0.39 is 10.2 Å². The highest BCUT2D eigenvalue weighted by molar-refractivity contribution is 7.86. The molecule has 6 heteroatoms. The minimum Gasteiger partial charge on any atom is -0.326 e. The first-order valence-corrected chi connectivity index (χ1v) is 8.20. The highest BCUT2D eigenvalue weighted by Crippen LogP contribution is 2.31. The summed E-state index contributed by atoms with van der Waals surface area (Å²) < 4.78 is 28.1. The normalized spacial score (nSPS) is 38.7. The molecule has 5 nitrogen and oxygen atoms in total. The number of hydrogen-bond donors (Lipinski definition) is 1. The summed E-state index contributed by atoms with van der Waals surface area (Å²) in [4.78, 5) is 0. The van der Waals surface area contributed by atoms with E-state index in [4.69, 9.17) is 5.73 Å². The van der Waals surface area contributed by atoms with Gasteiger partial charge < -0.3 is 5.73 Å². The highest BCUT2D eigenvalue weighted by Gasteiger charge is 2.40. The standard InChI is InChI=1S/C12H25N3O2S/c1-9-4-5-11(6-9)14(3)18(16,17)15-7-10(2)12(13)8-15/h9-12H,4-8,13H2,1-3H3/t9?,10-,11+,12-/m0/s1. The topological polar surface area (TPSA) is 66.6 Å². The Hall–Kier alpha value is -0.170. The second kappa shape index (κ2) is 5.07. The lowest BCUT2D eigenvalue weighted by molar-refractivity contribution is 0.327. The molecule has 1 aliphatic heterocycles. The van der Waals surface area contributed by atoms with Crippen molar-refractivity contribution in [2.45, 2.75) is 45.2 Å². The average Bonchev–Trinajstić information content (AvgIpc) is 2.86. The number of hydrogen-bond acceptors (Lipinski definition) is 3. The Morgan fingerprint density at radius 1 is 1.22 bits per heavy atom. The van der Waals surface area contributed by atoms with Gasteiger partial charge in [0.15, 0.2) is 0 Å². The molecule has 1 heterocycles. The minimum absolute atomic E-state index is 0.0318. The minimum atomic E-state index is -3.32. The van der Waals surface area contributed by atoms with Crippen LogP contribution in [0.2, 0.25) is 0 Å². The maximum absolute atomic E-state index is 12.5. The molecule has 2 aliphatic rings. The lowest BCUT2D eigenvalue weighted by Crippen LogP contribution is -2.45. The third kappa shape index (κ3) is 2.57. The summed E-state index contributed by atoms with van der Waals surface area (Å²) in [7, 11) is -1.61. The Balaban J connectivity index is 2.07. The zero-order valence-corrected chi connectivity index (χ0v) is 12.4. The smallest absolute Gasteiger partial charge is 0.282 e. The Bertz CT molecular complexity index is 388. The van der Waals surface area contributed by atoms with Gasteiger partial charge in [0, 0.05) is 32.2 Å². The van der Waals surface area contributed by atoms with E-state index in [1.165, 1.54) is 0 Å². The van der Waals surface area contributed by atoms with Crippen LogP contribution < -0.4 is 5.73 Å². The third-order valence-electron chi connectivity index (χ3n) is 4.51. The summed E-state index contributed by atoms with van der Waals surface area (Å²) in [5.41, 5.74) is 5.92. The van der Waals surface area contributed by atoms with E-state index >= 15 is 0 Å². The molecule has 1 saturated heterocycles. The Morgan fingerprint density at radius 3 is 2.33 bits per heavy atom. The van der Waals surface area contributed by atoms with Crippen molar-refractivity contribution in [3.63, 3.8) is 0 Å². The first-order valence-electron chi connectivity index (χ1n) is 6.81. The summed E-state index contributed by atoms with van der Waals surface area (Å²) in [5.74, 6) is 0.878. The molecular weight excluding hydrogens is 250 g/mol. The van der Waals surface area contributed by atoms with Gasteiger partial charge in [0.1, 0.15) is 0 Å². The van der Waals surface area contributed by atoms with Gasteiger partial charge in [-0.2, -0.15) is 17.0 Å². The van der Waals surface area contributed by atoms with Gasteiger partial charge >= 0.3 is 0 Å². The van der Waals surface area contributed by atoms with Crippen molar-refractivity contribution in [1.82, 2.24) is 8.61 Å². The molecule has 0 spiro atoms. The first-order chi connectivity index (χ1) is 8.32.